The minimum Gasteiger partial charge on any atom is -0.481 e. The number of carbonyl (C=O) groups is 1. The number of ether oxygens (including phenoxy) is 1. The summed E-state index contributed by atoms with van der Waals surface area (Å²) in [6.45, 7) is 0. The first-order valence-corrected chi connectivity index (χ1v) is 5.72. The molecular formula is C9H4F6INO3. The van der Waals surface area contributed by atoms with Gasteiger partial charge in [-0.3, -0.25) is 4.79 Å². The predicted molar refractivity (Wildman–Crippen MR) is 60.0 cm³/mol. The lowest BCUT2D eigenvalue weighted by Gasteiger charge is -2.15. The zero-order valence-electron chi connectivity index (χ0n) is 9.14. The molecule has 4 nitrogen and oxygen atoms in total. The van der Waals surface area contributed by atoms with Crippen LogP contribution in [0.4, 0.5) is 26.3 Å². The zero-order chi connectivity index (χ0) is 15.7. The van der Waals surface area contributed by atoms with Crippen LogP contribution in [0.2, 0.25) is 0 Å². The Bertz CT molecular complexity index is 528. The van der Waals surface area contributed by atoms with Crippen molar-refractivity contribution in [3.8, 4) is 5.88 Å². The van der Waals surface area contributed by atoms with Crippen LogP contribution in [-0.2, 0) is 17.4 Å². The second-order valence-electron chi connectivity index (χ2n) is 3.39. The molecule has 0 bridgehead atoms. The fourth-order valence-electron chi connectivity index (χ4n) is 1.24. The lowest BCUT2D eigenvalue weighted by molar-refractivity contribution is -0.276. The standard InChI is InChI=1S/C9H4F6INO3/c10-8(11,12)7-3(1-6(18)19)4(16)2-5(17-7)20-9(13,14)15/h2H,1H2,(H,18,19). The largest absolute Gasteiger partial charge is 0.574 e. The number of rotatable bonds is 3. The van der Waals surface area contributed by atoms with E-state index < -0.39 is 42.1 Å². The van der Waals surface area contributed by atoms with Crippen LogP contribution in [-0.4, -0.2) is 22.4 Å². The fraction of sp³-hybridized carbons (Fsp3) is 0.333. The Morgan fingerprint density at radius 2 is 1.85 bits per heavy atom. The Morgan fingerprint density at radius 1 is 1.30 bits per heavy atom. The molecule has 0 aliphatic heterocycles. The van der Waals surface area contributed by atoms with Gasteiger partial charge in [-0.05, 0) is 22.6 Å². The van der Waals surface area contributed by atoms with Crippen molar-refractivity contribution in [1.82, 2.24) is 4.98 Å². The molecule has 0 aromatic carbocycles. The first-order valence-electron chi connectivity index (χ1n) is 4.64. The van der Waals surface area contributed by atoms with Crippen LogP contribution in [0.5, 0.6) is 5.88 Å². The number of carboxylic acids is 1. The molecule has 0 aliphatic carbocycles. The van der Waals surface area contributed by atoms with Crippen molar-refractivity contribution in [2.24, 2.45) is 0 Å². The van der Waals surface area contributed by atoms with Gasteiger partial charge < -0.3 is 9.84 Å². The Hall–Kier alpha value is -1.27. The Morgan fingerprint density at radius 3 is 2.25 bits per heavy atom. The lowest BCUT2D eigenvalue weighted by Crippen LogP contribution is -2.21. The van der Waals surface area contributed by atoms with Crippen molar-refractivity contribution >= 4 is 28.6 Å². The molecule has 0 amide bonds. The summed E-state index contributed by atoms with van der Waals surface area (Å²) in [6.07, 6.45) is -11.3. The number of hydrogen-bond donors (Lipinski definition) is 1. The molecule has 0 saturated heterocycles. The van der Waals surface area contributed by atoms with Gasteiger partial charge in [-0.1, -0.05) is 0 Å². The highest BCUT2D eigenvalue weighted by molar-refractivity contribution is 14.1. The third-order valence-corrected chi connectivity index (χ3v) is 2.83. The molecule has 0 spiro atoms. The SMILES string of the molecule is O=C(O)Cc1c(I)cc(OC(F)(F)F)nc1C(F)(F)F. The number of aromatic nitrogens is 1. The van der Waals surface area contributed by atoms with Crippen LogP contribution in [0.1, 0.15) is 11.3 Å². The molecule has 0 unspecified atom stereocenters. The fourth-order valence-corrected chi connectivity index (χ4v) is 1.96. The van der Waals surface area contributed by atoms with Gasteiger partial charge in [-0.25, -0.2) is 4.98 Å². The van der Waals surface area contributed by atoms with Gasteiger partial charge in [0.1, 0.15) is 0 Å². The van der Waals surface area contributed by atoms with Crippen molar-refractivity contribution < 1.29 is 41.0 Å². The van der Waals surface area contributed by atoms with Crippen LogP contribution in [0.15, 0.2) is 6.07 Å². The molecule has 0 atom stereocenters. The van der Waals surface area contributed by atoms with Gasteiger partial charge in [-0.2, -0.15) is 13.2 Å². The summed E-state index contributed by atoms with van der Waals surface area (Å²) in [7, 11) is 0. The van der Waals surface area contributed by atoms with E-state index in [9.17, 15) is 31.1 Å². The Balaban J connectivity index is 3.37. The van der Waals surface area contributed by atoms with Gasteiger partial charge in [0.05, 0.1) is 6.42 Å². The number of carboxylic acid groups (broad SMARTS) is 1. The molecule has 1 aromatic heterocycles. The number of halogens is 7. The van der Waals surface area contributed by atoms with Crippen LogP contribution in [0.25, 0.3) is 0 Å². The highest BCUT2D eigenvalue weighted by atomic mass is 127. The van der Waals surface area contributed by atoms with E-state index in [1.54, 1.807) is 0 Å². The van der Waals surface area contributed by atoms with Crippen molar-refractivity contribution in [2.75, 3.05) is 0 Å². The summed E-state index contributed by atoms with van der Waals surface area (Å²) in [4.78, 5) is 13.2. The number of hydrogen-bond acceptors (Lipinski definition) is 3. The highest BCUT2D eigenvalue weighted by Crippen LogP contribution is 2.35. The van der Waals surface area contributed by atoms with Crippen LogP contribution in [0, 0.1) is 3.57 Å². The summed E-state index contributed by atoms with van der Waals surface area (Å²) in [6, 6.07) is 0.585. The molecule has 0 radical (unpaired) electrons. The zero-order valence-corrected chi connectivity index (χ0v) is 11.3. The van der Waals surface area contributed by atoms with Crippen LogP contribution < -0.4 is 4.74 Å². The Labute approximate surface area is 120 Å². The average molecular weight is 415 g/mol. The van der Waals surface area contributed by atoms with Crippen molar-refractivity contribution in [3.63, 3.8) is 0 Å². The molecule has 0 aliphatic rings. The lowest BCUT2D eigenvalue weighted by atomic mass is 10.1. The van der Waals surface area contributed by atoms with Gasteiger partial charge in [0.2, 0.25) is 5.88 Å². The van der Waals surface area contributed by atoms with E-state index in [4.69, 9.17) is 5.11 Å². The maximum absolute atomic E-state index is 12.7. The molecule has 0 saturated carbocycles. The minimum atomic E-state index is -5.20. The van der Waals surface area contributed by atoms with E-state index in [0.29, 0.717) is 6.07 Å². The molecule has 112 valence electrons. The number of alkyl halides is 6. The predicted octanol–water partition coefficient (Wildman–Crippen LogP) is 3.23. The van der Waals surface area contributed by atoms with E-state index in [0.717, 1.165) is 0 Å². The summed E-state index contributed by atoms with van der Waals surface area (Å²) in [5.41, 5.74) is -2.44. The van der Waals surface area contributed by atoms with Crippen molar-refractivity contribution in [1.29, 1.82) is 0 Å². The minimum absolute atomic E-state index is 0.341. The summed E-state index contributed by atoms with van der Waals surface area (Å²) in [5, 5.41) is 8.53. The Kier molecular flexibility index (Phi) is 4.71. The number of pyridine rings is 1. The quantitative estimate of drug-likeness (QED) is 0.609. The summed E-state index contributed by atoms with van der Waals surface area (Å²) in [5.74, 6) is -2.87. The molecule has 1 heterocycles. The first kappa shape index (κ1) is 16.8. The maximum atomic E-state index is 12.7. The molecular weight excluding hydrogens is 411 g/mol. The molecule has 11 heteroatoms. The third-order valence-electron chi connectivity index (χ3n) is 1.86. The molecule has 1 aromatic rings. The molecule has 20 heavy (non-hydrogen) atoms. The normalized spacial score (nSPS) is 12.3. The van der Waals surface area contributed by atoms with E-state index in [1.807, 2.05) is 0 Å². The maximum Gasteiger partial charge on any atom is 0.574 e. The van der Waals surface area contributed by atoms with Gasteiger partial charge in [-0.15, -0.1) is 13.2 Å². The number of nitrogens with zero attached hydrogens (tertiary/aromatic N) is 1. The van der Waals surface area contributed by atoms with Gasteiger partial charge in [0.25, 0.3) is 0 Å². The van der Waals surface area contributed by atoms with Crippen molar-refractivity contribution in [2.45, 2.75) is 19.0 Å². The third kappa shape index (κ3) is 4.68. The van der Waals surface area contributed by atoms with E-state index in [2.05, 4.69) is 9.72 Å². The monoisotopic (exact) mass is 415 g/mol. The van der Waals surface area contributed by atoms with Crippen molar-refractivity contribution in [3.05, 3.63) is 20.9 Å². The number of aliphatic carboxylic acids is 1. The summed E-state index contributed by atoms with van der Waals surface area (Å²) >= 11 is 1.29. The molecule has 1 rings (SSSR count). The average Bonchev–Trinajstić information content (AvgIpc) is 2.16. The smallest absolute Gasteiger partial charge is 0.481 e. The van der Waals surface area contributed by atoms with Crippen LogP contribution >= 0.6 is 22.6 Å². The second kappa shape index (κ2) is 5.61. The van der Waals surface area contributed by atoms with E-state index >= 15 is 0 Å². The van der Waals surface area contributed by atoms with Gasteiger partial charge in [0.15, 0.2) is 5.69 Å². The van der Waals surface area contributed by atoms with E-state index in [1.165, 1.54) is 22.6 Å². The molecule has 1 N–H and O–H groups in total. The van der Waals surface area contributed by atoms with Gasteiger partial charge >= 0.3 is 18.5 Å². The van der Waals surface area contributed by atoms with Gasteiger partial charge in [0, 0.05) is 15.2 Å². The van der Waals surface area contributed by atoms with Crippen LogP contribution in [0.3, 0.4) is 0 Å². The topological polar surface area (TPSA) is 59.4 Å². The first-order chi connectivity index (χ1) is 8.90. The highest BCUT2D eigenvalue weighted by Gasteiger charge is 2.39. The molecule has 0 fully saturated rings. The second-order valence-corrected chi connectivity index (χ2v) is 4.55. The summed E-state index contributed by atoms with van der Waals surface area (Å²) < 4.78 is 77.0. The van der Waals surface area contributed by atoms with E-state index in [-0.39, 0.29) is 3.57 Å².